The predicted octanol–water partition coefficient (Wildman–Crippen LogP) is 3.78. The Bertz CT molecular complexity index is 484. The molecule has 0 radical (unpaired) electrons. The van der Waals surface area contributed by atoms with Gasteiger partial charge in [0.05, 0.1) is 22.2 Å². The molecule has 1 saturated carbocycles. The third kappa shape index (κ3) is 3.30. The lowest BCUT2D eigenvalue weighted by atomic mass is 9.77. The zero-order valence-corrected chi connectivity index (χ0v) is 13.4. The molecule has 0 spiro atoms. The third-order valence-corrected chi connectivity index (χ3v) is 4.52. The highest BCUT2D eigenvalue weighted by molar-refractivity contribution is 6.37. The van der Waals surface area contributed by atoms with Crippen molar-refractivity contribution in [2.75, 3.05) is 24.3 Å². The Morgan fingerprint density at radius 3 is 2.70 bits per heavy atom. The second kappa shape index (κ2) is 6.37. The van der Waals surface area contributed by atoms with E-state index >= 15 is 0 Å². The van der Waals surface area contributed by atoms with Crippen LogP contribution in [0, 0.1) is 5.92 Å². The van der Waals surface area contributed by atoms with Gasteiger partial charge in [0.15, 0.2) is 0 Å². The number of aromatic nitrogens is 1. The fourth-order valence-electron chi connectivity index (χ4n) is 2.94. The fraction of sp³-hybridized carbons (Fsp3) is 0.643. The maximum Gasteiger partial charge on any atom is 0.147 e. The van der Waals surface area contributed by atoms with Crippen LogP contribution in [-0.2, 0) is 0 Å². The molecular formula is C14H21Cl2N3O. The van der Waals surface area contributed by atoms with Crippen molar-refractivity contribution < 1.29 is 5.11 Å². The number of nitrogens with zero attached hydrogens (tertiary/aromatic N) is 1. The van der Waals surface area contributed by atoms with Gasteiger partial charge in [-0.1, -0.05) is 43.0 Å². The average Bonchev–Trinajstić information content (AvgIpc) is 2.42. The molecule has 20 heavy (non-hydrogen) atoms. The van der Waals surface area contributed by atoms with Gasteiger partial charge in [0.2, 0.25) is 0 Å². The molecule has 0 bridgehead atoms. The van der Waals surface area contributed by atoms with Crippen molar-refractivity contribution in [2.45, 2.75) is 38.1 Å². The largest absolute Gasteiger partial charge is 0.394 e. The van der Waals surface area contributed by atoms with Crippen LogP contribution in [-0.4, -0.2) is 29.3 Å². The molecule has 2 unspecified atom stereocenters. The maximum atomic E-state index is 9.82. The number of anilines is 2. The molecule has 6 heteroatoms. The third-order valence-electron chi connectivity index (χ3n) is 3.94. The quantitative estimate of drug-likeness (QED) is 0.791. The highest BCUT2D eigenvalue weighted by Gasteiger charge is 2.35. The topological polar surface area (TPSA) is 57.2 Å². The van der Waals surface area contributed by atoms with Crippen LogP contribution in [0.2, 0.25) is 10.0 Å². The van der Waals surface area contributed by atoms with Crippen molar-refractivity contribution in [1.29, 1.82) is 0 Å². The summed E-state index contributed by atoms with van der Waals surface area (Å²) in [5.74, 6) is 1.73. The lowest BCUT2D eigenvalue weighted by molar-refractivity contribution is 0.149. The van der Waals surface area contributed by atoms with Crippen LogP contribution in [0.4, 0.5) is 11.6 Å². The first-order chi connectivity index (χ1) is 9.49. The number of rotatable bonds is 4. The van der Waals surface area contributed by atoms with Gasteiger partial charge in [0, 0.05) is 7.05 Å². The molecule has 1 heterocycles. The fourth-order valence-corrected chi connectivity index (χ4v) is 3.44. The van der Waals surface area contributed by atoms with E-state index in [0.29, 0.717) is 27.6 Å². The molecule has 2 atom stereocenters. The molecule has 1 aromatic rings. The highest BCUT2D eigenvalue weighted by atomic mass is 35.5. The molecule has 0 aromatic carbocycles. The van der Waals surface area contributed by atoms with E-state index in [0.717, 1.165) is 19.3 Å². The minimum absolute atomic E-state index is 0.0763. The zero-order valence-electron chi connectivity index (χ0n) is 11.8. The van der Waals surface area contributed by atoms with Gasteiger partial charge in [0.25, 0.3) is 0 Å². The van der Waals surface area contributed by atoms with Gasteiger partial charge in [-0.2, -0.15) is 0 Å². The molecule has 1 aliphatic rings. The molecule has 0 aliphatic heterocycles. The van der Waals surface area contributed by atoms with Crippen LogP contribution in [0.5, 0.6) is 0 Å². The first-order valence-electron chi connectivity index (χ1n) is 6.92. The van der Waals surface area contributed by atoms with Gasteiger partial charge in [-0.15, -0.1) is 0 Å². The van der Waals surface area contributed by atoms with Crippen molar-refractivity contribution in [1.82, 2.24) is 4.98 Å². The molecule has 4 nitrogen and oxygen atoms in total. The van der Waals surface area contributed by atoms with Gasteiger partial charge in [-0.05, 0) is 24.8 Å². The predicted molar refractivity (Wildman–Crippen MR) is 84.9 cm³/mol. The Hall–Kier alpha value is -0.710. The number of pyridine rings is 1. The Balaban J connectivity index is 2.27. The monoisotopic (exact) mass is 317 g/mol. The smallest absolute Gasteiger partial charge is 0.147 e. The van der Waals surface area contributed by atoms with E-state index in [9.17, 15) is 5.11 Å². The summed E-state index contributed by atoms with van der Waals surface area (Å²) in [6, 6.07) is 1.67. The van der Waals surface area contributed by atoms with Crippen molar-refractivity contribution in [2.24, 2.45) is 5.92 Å². The van der Waals surface area contributed by atoms with Crippen LogP contribution < -0.4 is 10.6 Å². The van der Waals surface area contributed by atoms with Crippen LogP contribution in [0.1, 0.15) is 32.6 Å². The van der Waals surface area contributed by atoms with E-state index in [-0.39, 0.29) is 12.1 Å². The first kappa shape index (κ1) is 15.7. The summed E-state index contributed by atoms with van der Waals surface area (Å²) in [4.78, 5) is 4.41. The van der Waals surface area contributed by atoms with E-state index in [1.165, 1.54) is 6.42 Å². The normalized spacial score (nSPS) is 26.4. The molecule has 1 aliphatic carbocycles. The van der Waals surface area contributed by atoms with E-state index in [1.54, 1.807) is 13.1 Å². The standard InChI is InChI=1S/C14H21Cl2N3O/c1-9-4-3-5-14(7-9,8-20)19-13-11(16)6-10(15)12(17-2)18-13/h6,9,20H,3-5,7-8H2,1-2H3,(H2,17,18,19). The van der Waals surface area contributed by atoms with Gasteiger partial charge in [0.1, 0.15) is 11.6 Å². The summed E-state index contributed by atoms with van der Waals surface area (Å²) in [5.41, 5.74) is -0.340. The number of aliphatic hydroxyl groups excluding tert-OH is 1. The summed E-state index contributed by atoms with van der Waals surface area (Å²) in [7, 11) is 1.76. The molecule has 1 aromatic heterocycles. The van der Waals surface area contributed by atoms with Gasteiger partial charge in [-0.3, -0.25) is 0 Å². The highest BCUT2D eigenvalue weighted by Crippen LogP contribution is 2.37. The molecule has 1 fully saturated rings. The van der Waals surface area contributed by atoms with Gasteiger partial charge >= 0.3 is 0 Å². The zero-order chi connectivity index (χ0) is 14.8. The number of hydrogen-bond acceptors (Lipinski definition) is 4. The lowest BCUT2D eigenvalue weighted by Crippen LogP contribution is -2.46. The summed E-state index contributed by atoms with van der Waals surface area (Å²) >= 11 is 12.3. The van der Waals surface area contributed by atoms with Crippen LogP contribution in [0.25, 0.3) is 0 Å². The molecule has 112 valence electrons. The summed E-state index contributed by atoms with van der Waals surface area (Å²) in [6.45, 7) is 2.29. The SMILES string of the molecule is CNc1nc(NC2(CO)CCCC(C)C2)c(Cl)cc1Cl. The number of aliphatic hydroxyl groups is 1. The number of halogens is 2. The second-order valence-corrected chi connectivity index (χ2v) is 6.48. The minimum atomic E-state index is -0.340. The summed E-state index contributed by atoms with van der Waals surface area (Å²) in [5, 5.41) is 17.1. The van der Waals surface area contributed by atoms with Crippen molar-refractivity contribution >= 4 is 34.8 Å². The van der Waals surface area contributed by atoms with Crippen LogP contribution >= 0.6 is 23.2 Å². The number of hydrogen-bond donors (Lipinski definition) is 3. The molecule has 0 amide bonds. The summed E-state index contributed by atoms with van der Waals surface area (Å²) < 4.78 is 0. The minimum Gasteiger partial charge on any atom is -0.394 e. The maximum absolute atomic E-state index is 9.82. The van der Waals surface area contributed by atoms with Gasteiger partial charge in [-0.25, -0.2) is 4.98 Å². The van der Waals surface area contributed by atoms with Gasteiger partial charge < -0.3 is 15.7 Å². The average molecular weight is 318 g/mol. The van der Waals surface area contributed by atoms with E-state index in [4.69, 9.17) is 23.2 Å². The van der Waals surface area contributed by atoms with E-state index in [1.807, 2.05) is 0 Å². The van der Waals surface area contributed by atoms with Crippen molar-refractivity contribution in [3.05, 3.63) is 16.1 Å². The molecular weight excluding hydrogens is 297 g/mol. The number of nitrogens with one attached hydrogen (secondary N) is 2. The van der Waals surface area contributed by atoms with E-state index in [2.05, 4.69) is 22.5 Å². The second-order valence-electron chi connectivity index (χ2n) is 5.66. The Morgan fingerprint density at radius 2 is 2.10 bits per heavy atom. The molecule has 2 rings (SSSR count). The Kier molecular flexibility index (Phi) is 4.99. The van der Waals surface area contributed by atoms with Crippen molar-refractivity contribution in [3.63, 3.8) is 0 Å². The molecule has 0 saturated heterocycles. The lowest BCUT2D eigenvalue weighted by Gasteiger charge is -2.40. The Morgan fingerprint density at radius 1 is 1.40 bits per heavy atom. The Labute approximate surface area is 129 Å². The summed E-state index contributed by atoms with van der Waals surface area (Å²) in [6.07, 6.45) is 4.13. The van der Waals surface area contributed by atoms with E-state index < -0.39 is 0 Å². The van der Waals surface area contributed by atoms with Crippen molar-refractivity contribution in [3.8, 4) is 0 Å². The molecule has 3 N–H and O–H groups in total. The van der Waals surface area contributed by atoms with Crippen LogP contribution in [0.3, 0.4) is 0 Å². The first-order valence-corrected chi connectivity index (χ1v) is 7.68. The van der Waals surface area contributed by atoms with Crippen LogP contribution in [0.15, 0.2) is 6.07 Å².